The Morgan fingerprint density at radius 3 is 2.50 bits per heavy atom. The Labute approximate surface area is 95.4 Å². The number of rotatable bonds is 5. The van der Waals surface area contributed by atoms with Gasteiger partial charge in [0.15, 0.2) is 0 Å². The second-order valence-corrected chi connectivity index (χ2v) is 4.64. The van der Waals surface area contributed by atoms with Crippen LogP contribution in [-0.2, 0) is 4.87 Å². The zero-order chi connectivity index (χ0) is 10.4. The van der Waals surface area contributed by atoms with Crippen LogP contribution in [0.4, 0.5) is 0 Å². The lowest BCUT2D eigenvalue weighted by Crippen LogP contribution is -2.31. The molecule has 0 aliphatic heterocycles. The van der Waals surface area contributed by atoms with Gasteiger partial charge in [0.25, 0.3) is 0 Å². The van der Waals surface area contributed by atoms with Gasteiger partial charge in [-0.1, -0.05) is 30.3 Å². The number of halogens is 2. The molecule has 3 heteroatoms. The molecule has 1 unspecified atom stereocenters. The van der Waals surface area contributed by atoms with Gasteiger partial charge in [-0.05, 0) is 12.5 Å². The third-order valence-electron chi connectivity index (χ3n) is 2.10. The zero-order valence-electron chi connectivity index (χ0n) is 8.26. The van der Waals surface area contributed by atoms with Crippen molar-refractivity contribution in [2.24, 2.45) is 0 Å². The molecule has 1 aromatic carbocycles. The average molecular weight is 232 g/mol. The van der Waals surface area contributed by atoms with E-state index in [-0.39, 0.29) is 4.87 Å². The second-order valence-electron chi connectivity index (χ2n) is 3.43. The molecule has 0 aliphatic carbocycles. The van der Waals surface area contributed by atoms with Gasteiger partial charge in [0, 0.05) is 19.0 Å². The van der Waals surface area contributed by atoms with E-state index in [0.717, 1.165) is 18.7 Å². The third-order valence-corrected chi connectivity index (χ3v) is 2.64. The molecular formula is C11H15Cl2N. The molecule has 0 saturated carbocycles. The van der Waals surface area contributed by atoms with Gasteiger partial charge in [-0.25, -0.2) is 0 Å². The Hall–Kier alpha value is -0.240. The first-order chi connectivity index (χ1) is 6.67. The number of benzene rings is 1. The van der Waals surface area contributed by atoms with E-state index >= 15 is 0 Å². The Morgan fingerprint density at radius 1 is 1.29 bits per heavy atom. The molecule has 0 aromatic heterocycles. The minimum Gasteiger partial charge on any atom is -0.313 e. The summed E-state index contributed by atoms with van der Waals surface area (Å²) in [7, 11) is 0. The fourth-order valence-corrected chi connectivity index (χ4v) is 1.63. The van der Waals surface area contributed by atoms with Crippen molar-refractivity contribution < 1.29 is 0 Å². The lowest BCUT2D eigenvalue weighted by atomic mass is 10.0. The normalized spacial score (nSPS) is 15.1. The summed E-state index contributed by atoms with van der Waals surface area (Å²) in [5.41, 5.74) is 1.13. The van der Waals surface area contributed by atoms with E-state index in [9.17, 15) is 0 Å². The van der Waals surface area contributed by atoms with Crippen LogP contribution < -0.4 is 5.32 Å². The van der Waals surface area contributed by atoms with Gasteiger partial charge in [-0.15, -0.1) is 23.2 Å². The molecule has 1 N–H and O–H groups in total. The maximum Gasteiger partial charge on any atom is 0.0790 e. The van der Waals surface area contributed by atoms with Crippen LogP contribution in [0.5, 0.6) is 0 Å². The van der Waals surface area contributed by atoms with Gasteiger partial charge in [-0.2, -0.15) is 0 Å². The molecule has 0 aliphatic rings. The lowest BCUT2D eigenvalue weighted by molar-refractivity contribution is 0.584. The first-order valence-electron chi connectivity index (χ1n) is 4.68. The SMILES string of the molecule is CC(Cl)(CNCCCl)c1ccccc1. The lowest BCUT2D eigenvalue weighted by Gasteiger charge is -2.22. The molecule has 0 bridgehead atoms. The van der Waals surface area contributed by atoms with Crippen molar-refractivity contribution in [1.82, 2.24) is 5.32 Å². The van der Waals surface area contributed by atoms with E-state index in [1.807, 2.05) is 37.3 Å². The van der Waals surface area contributed by atoms with Gasteiger partial charge in [0.05, 0.1) is 4.87 Å². The highest BCUT2D eigenvalue weighted by molar-refractivity contribution is 6.24. The van der Waals surface area contributed by atoms with Crippen LogP contribution in [0.3, 0.4) is 0 Å². The Bertz CT molecular complexity index is 259. The Kier molecular flexibility index (Phi) is 4.73. The van der Waals surface area contributed by atoms with E-state index in [0.29, 0.717) is 5.88 Å². The molecule has 14 heavy (non-hydrogen) atoms. The van der Waals surface area contributed by atoms with E-state index in [4.69, 9.17) is 23.2 Å². The Morgan fingerprint density at radius 2 is 1.93 bits per heavy atom. The maximum absolute atomic E-state index is 6.39. The van der Waals surface area contributed by atoms with Crippen LogP contribution in [0.2, 0.25) is 0 Å². The highest BCUT2D eigenvalue weighted by atomic mass is 35.5. The third kappa shape index (κ3) is 3.49. The summed E-state index contributed by atoms with van der Waals surface area (Å²) in [6, 6.07) is 10.1. The number of hydrogen-bond donors (Lipinski definition) is 1. The van der Waals surface area contributed by atoms with E-state index < -0.39 is 0 Å². The van der Waals surface area contributed by atoms with Crippen LogP contribution >= 0.6 is 23.2 Å². The smallest absolute Gasteiger partial charge is 0.0790 e. The van der Waals surface area contributed by atoms with Gasteiger partial charge in [0.2, 0.25) is 0 Å². The molecule has 0 spiro atoms. The van der Waals surface area contributed by atoms with Crippen LogP contribution in [0.1, 0.15) is 12.5 Å². The van der Waals surface area contributed by atoms with Crippen molar-refractivity contribution in [3.63, 3.8) is 0 Å². The molecule has 1 atom stereocenters. The van der Waals surface area contributed by atoms with Crippen molar-refractivity contribution in [2.75, 3.05) is 19.0 Å². The molecule has 1 nitrogen and oxygen atoms in total. The molecule has 78 valence electrons. The number of alkyl halides is 2. The summed E-state index contributed by atoms with van der Waals surface area (Å²) in [5.74, 6) is 0.613. The second kappa shape index (κ2) is 5.59. The predicted octanol–water partition coefficient (Wildman–Crippen LogP) is 2.97. The largest absolute Gasteiger partial charge is 0.313 e. The van der Waals surface area contributed by atoms with Gasteiger partial charge >= 0.3 is 0 Å². The summed E-state index contributed by atoms with van der Waals surface area (Å²) >= 11 is 12.0. The summed E-state index contributed by atoms with van der Waals surface area (Å²) in [5, 5.41) is 3.21. The van der Waals surface area contributed by atoms with Gasteiger partial charge < -0.3 is 5.32 Å². The summed E-state index contributed by atoms with van der Waals surface area (Å²) in [4.78, 5) is -0.354. The van der Waals surface area contributed by atoms with Crippen LogP contribution in [-0.4, -0.2) is 19.0 Å². The van der Waals surface area contributed by atoms with Crippen molar-refractivity contribution in [3.8, 4) is 0 Å². The topological polar surface area (TPSA) is 12.0 Å². The molecule has 0 fully saturated rings. The summed E-state index contributed by atoms with van der Waals surface area (Å²) in [6.45, 7) is 3.52. The molecule has 0 amide bonds. The monoisotopic (exact) mass is 231 g/mol. The highest BCUT2D eigenvalue weighted by Gasteiger charge is 2.22. The average Bonchev–Trinajstić information content (AvgIpc) is 2.19. The van der Waals surface area contributed by atoms with Gasteiger partial charge in [-0.3, -0.25) is 0 Å². The molecule has 0 saturated heterocycles. The zero-order valence-corrected chi connectivity index (χ0v) is 9.78. The van der Waals surface area contributed by atoms with Crippen LogP contribution in [0.25, 0.3) is 0 Å². The fourth-order valence-electron chi connectivity index (χ4n) is 1.28. The summed E-state index contributed by atoms with van der Waals surface area (Å²) in [6.07, 6.45) is 0. The first-order valence-corrected chi connectivity index (χ1v) is 5.59. The van der Waals surface area contributed by atoms with Crippen molar-refractivity contribution in [1.29, 1.82) is 0 Å². The van der Waals surface area contributed by atoms with Crippen molar-refractivity contribution in [3.05, 3.63) is 35.9 Å². The van der Waals surface area contributed by atoms with Crippen LogP contribution in [0, 0.1) is 0 Å². The van der Waals surface area contributed by atoms with Gasteiger partial charge in [0.1, 0.15) is 0 Å². The Balaban J connectivity index is 2.56. The quantitative estimate of drug-likeness (QED) is 0.607. The molecule has 1 aromatic rings. The van der Waals surface area contributed by atoms with E-state index in [1.165, 1.54) is 0 Å². The minimum atomic E-state index is -0.354. The van der Waals surface area contributed by atoms with E-state index in [1.54, 1.807) is 0 Å². The molecular weight excluding hydrogens is 217 g/mol. The molecule has 0 radical (unpaired) electrons. The predicted molar refractivity (Wildman–Crippen MR) is 63.2 cm³/mol. The highest BCUT2D eigenvalue weighted by Crippen LogP contribution is 2.27. The van der Waals surface area contributed by atoms with Crippen LogP contribution in [0.15, 0.2) is 30.3 Å². The molecule has 1 rings (SSSR count). The maximum atomic E-state index is 6.39. The first kappa shape index (κ1) is 11.8. The van der Waals surface area contributed by atoms with Crippen molar-refractivity contribution >= 4 is 23.2 Å². The van der Waals surface area contributed by atoms with Crippen molar-refractivity contribution in [2.45, 2.75) is 11.8 Å². The minimum absolute atomic E-state index is 0.354. The standard InChI is InChI=1S/C11H15Cl2N/c1-11(13,9-14-8-7-12)10-5-3-2-4-6-10/h2-6,14H,7-9H2,1H3. The number of hydrogen-bond acceptors (Lipinski definition) is 1. The summed E-state index contributed by atoms with van der Waals surface area (Å²) < 4.78 is 0. The molecule has 0 heterocycles. The van der Waals surface area contributed by atoms with E-state index in [2.05, 4.69) is 5.32 Å². The number of nitrogens with one attached hydrogen (secondary N) is 1. The fraction of sp³-hybridized carbons (Fsp3) is 0.455.